The molecule has 3 aromatic rings. The monoisotopic (exact) mass is 549 g/mol. The minimum atomic E-state index is -1.91. The topological polar surface area (TPSA) is 92.7 Å². The molecule has 1 saturated heterocycles. The molecule has 1 unspecified atom stereocenters. The lowest BCUT2D eigenvalue weighted by Gasteiger charge is -2.50. The van der Waals surface area contributed by atoms with Crippen LogP contribution in [0.15, 0.2) is 60.7 Å². The molecule has 1 fully saturated rings. The fourth-order valence-electron chi connectivity index (χ4n) is 6.73. The van der Waals surface area contributed by atoms with Crippen molar-refractivity contribution in [2.75, 3.05) is 19.7 Å². The molecule has 5 rings (SSSR count). The van der Waals surface area contributed by atoms with Crippen molar-refractivity contribution in [2.24, 2.45) is 11.3 Å². The van der Waals surface area contributed by atoms with Gasteiger partial charge in [-0.15, -0.1) is 0 Å². The molecular formula is C31H34ClN2O5+. The first-order valence-corrected chi connectivity index (χ1v) is 13.6. The summed E-state index contributed by atoms with van der Waals surface area (Å²) in [5, 5.41) is 16.6. The second kappa shape index (κ2) is 9.82. The van der Waals surface area contributed by atoms with Gasteiger partial charge in [-0.2, -0.15) is 4.48 Å². The molecule has 0 aromatic heterocycles. The van der Waals surface area contributed by atoms with E-state index in [0.717, 1.165) is 16.3 Å². The van der Waals surface area contributed by atoms with Crippen LogP contribution < -0.4 is 9.80 Å². The quantitative estimate of drug-likeness (QED) is 0.410. The van der Waals surface area contributed by atoms with E-state index in [1.165, 1.54) is 6.92 Å². The minimum absolute atomic E-state index is 0.134. The molecule has 2 aliphatic heterocycles. The van der Waals surface area contributed by atoms with Gasteiger partial charge in [0.05, 0.1) is 6.54 Å². The van der Waals surface area contributed by atoms with Crippen LogP contribution in [0.2, 0.25) is 5.02 Å². The maximum atomic E-state index is 14.6. The number of nitrogens with zero attached hydrogens (tertiary/aromatic N) is 1. The van der Waals surface area contributed by atoms with Gasteiger partial charge in [-0.05, 0) is 41.8 Å². The Morgan fingerprint density at radius 1 is 1.10 bits per heavy atom. The molecule has 3 aromatic carbocycles. The van der Waals surface area contributed by atoms with Gasteiger partial charge in [0.2, 0.25) is 0 Å². The fraction of sp³-hybridized carbons (Fsp3) is 0.387. The molecule has 204 valence electrons. The number of carboxylic acid groups (broad SMARTS) is 1. The molecule has 0 saturated carbocycles. The number of carboxylic acids is 1. The number of fused-ring (bicyclic) bond motifs is 2. The highest BCUT2D eigenvalue weighted by molar-refractivity contribution is 6.30. The molecule has 7 nitrogen and oxygen atoms in total. The largest absolute Gasteiger partial charge is 0.475 e. The highest BCUT2D eigenvalue weighted by Gasteiger charge is 2.71. The zero-order valence-electron chi connectivity index (χ0n) is 22.7. The number of halogens is 1. The molecule has 0 spiro atoms. The normalized spacial score (nSPS) is 27.3. The zero-order valence-corrected chi connectivity index (χ0v) is 23.4. The number of Topliss-reactive ketones (excluding diaryl/α,β-unsaturated/α-hetero) is 1. The summed E-state index contributed by atoms with van der Waals surface area (Å²) >= 11 is 6.57. The van der Waals surface area contributed by atoms with Gasteiger partial charge in [0, 0.05) is 28.6 Å². The van der Waals surface area contributed by atoms with Crippen molar-refractivity contribution in [1.29, 1.82) is 0 Å². The second-order valence-electron chi connectivity index (χ2n) is 11.8. The maximum Gasteiger partial charge on any atom is 0.384 e. The van der Waals surface area contributed by atoms with Gasteiger partial charge in [-0.25, -0.2) is 9.59 Å². The number of benzene rings is 3. The maximum absolute atomic E-state index is 14.6. The van der Waals surface area contributed by atoms with Gasteiger partial charge >= 0.3 is 11.9 Å². The SMILES string of the molecule is CC(=O)[C@@H]1CCN[C@@]1(C(=O)O)[N@@+]1(CC(C)(C)C)C(=O)COC(c2cccc3ccccc23)c2cc(Cl)ccc21. The number of nitrogens with one attached hydrogen (secondary N) is 1. The van der Waals surface area contributed by atoms with Gasteiger partial charge in [0.15, 0.2) is 6.61 Å². The molecule has 4 atom stereocenters. The first-order valence-electron chi connectivity index (χ1n) is 13.2. The van der Waals surface area contributed by atoms with E-state index >= 15 is 0 Å². The van der Waals surface area contributed by atoms with E-state index in [1.54, 1.807) is 18.2 Å². The highest BCUT2D eigenvalue weighted by Crippen LogP contribution is 2.50. The van der Waals surface area contributed by atoms with Crippen molar-refractivity contribution in [3.05, 3.63) is 76.8 Å². The van der Waals surface area contributed by atoms with Crippen molar-refractivity contribution in [2.45, 2.75) is 45.9 Å². The lowest BCUT2D eigenvalue weighted by Crippen LogP contribution is -2.81. The molecule has 39 heavy (non-hydrogen) atoms. The number of rotatable bonds is 5. The summed E-state index contributed by atoms with van der Waals surface area (Å²) in [6.07, 6.45) is -0.369. The van der Waals surface area contributed by atoms with Crippen LogP contribution in [0.1, 0.15) is 51.3 Å². The fourth-order valence-corrected chi connectivity index (χ4v) is 6.91. The molecule has 0 aliphatic carbocycles. The summed E-state index contributed by atoms with van der Waals surface area (Å²) < 4.78 is 5.82. The summed E-state index contributed by atoms with van der Waals surface area (Å²) in [4.78, 5) is 41.0. The Morgan fingerprint density at radius 2 is 1.82 bits per heavy atom. The lowest BCUT2D eigenvalue weighted by molar-refractivity contribution is -0.168. The van der Waals surface area contributed by atoms with Gasteiger partial charge in [0.1, 0.15) is 23.5 Å². The van der Waals surface area contributed by atoms with E-state index in [-0.39, 0.29) is 18.9 Å². The van der Waals surface area contributed by atoms with Gasteiger partial charge in [-0.1, -0.05) is 74.8 Å². The van der Waals surface area contributed by atoms with Crippen LogP contribution in [-0.4, -0.2) is 48.1 Å². The van der Waals surface area contributed by atoms with Crippen LogP contribution >= 0.6 is 11.6 Å². The Kier molecular flexibility index (Phi) is 6.92. The number of quaternary nitrogens is 1. The molecule has 2 aliphatic rings. The van der Waals surface area contributed by atoms with E-state index in [0.29, 0.717) is 29.2 Å². The third kappa shape index (κ3) is 4.28. The number of carbonyl (C=O) groups excluding carboxylic acids is 2. The Labute approximate surface area is 233 Å². The van der Waals surface area contributed by atoms with E-state index in [1.807, 2.05) is 63.2 Å². The van der Waals surface area contributed by atoms with E-state index in [9.17, 15) is 19.5 Å². The van der Waals surface area contributed by atoms with Crippen molar-refractivity contribution in [3.63, 3.8) is 0 Å². The number of ether oxygens (including phenoxy) is 1. The second-order valence-corrected chi connectivity index (χ2v) is 12.3. The standard InChI is InChI=1S/C31H33ClN2O5/c1-19(35)25-14-15-33-31(25,29(37)38)34(18-30(2,3)4)26-13-12-21(32)16-24(26)28(39-17-27(34)36)23-11-7-9-20-8-5-6-10-22(20)23/h5-13,16,25,28,33H,14-15,17-18H2,1-4H3/p+1/t25-,28?,31+,34+/m0/s1. The Morgan fingerprint density at radius 3 is 2.51 bits per heavy atom. The van der Waals surface area contributed by atoms with Crippen LogP contribution in [0.25, 0.3) is 10.8 Å². The van der Waals surface area contributed by atoms with Crippen LogP contribution in [0, 0.1) is 11.3 Å². The Hall–Kier alpha value is -3.10. The molecule has 2 heterocycles. The summed E-state index contributed by atoms with van der Waals surface area (Å²) in [6, 6.07) is 19.0. The lowest BCUT2D eigenvalue weighted by atomic mass is 9.81. The average molecular weight is 550 g/mol. The molecule has 1 amide bonds. The van der Waals surface area contributed by atoms with Crippen LogP contribution in [0.3, 0.4) is 0 Å². The predicted octanol–water partition coefficient (Wildman–Crippen LogP) is 5.47. The average Bonchev–Trinajstić information content (AvgIpc) is 3.30. The van der Waals surface area contributed by atoms with Crippen LogP contribution in [0.5, 0.6) is 0 Å². The number of hydrogen-bond acceptors (Lipinski definition) is 5. The van der Waals surface area contributed by atoms with E-state index in [2.05, 4.69) is 5.32 Å². The van der Waals surface area contributed by atoms with Gasteiger partial charge in [-0.3, -0.25) is 10.1 Å². The van der Waals surface area contributed by atoms with Gasteiger partial charge < -0.3 is 9.84 Å². The number of hydrogen-bond donors (Lipinski definition) is 2. The third-order valence-corrected chi connectivity index (χ3v) is 8.29. The van der Waals surface area contributed by atoms with Crippen molar-refractivity contribution in [3.8, 4) is 0 Å². The minimum Gasteiger partial charge on any atom is -0.475 e. The van der Waals surface area contributed by atoms with E-state index in [4.69, 9.17) is 16.3 Å². The first-order chi connectivity index (χ1) is 18.4. The Bertz CT molecular complexity index is 1480. The van der Waals surface area contributed by atoms with E-state index < -0.39 is 39.5 Å². The van der Waals surface area contributed by atoms with Gasteiger partial charge in [0.25, 0.3) is 5.66 Å². The Balaban J connectivity index is 1.88. The molecule has 2 N–H and O–H groups in total. The number of ketones is 1. The van der Waals surface area contributed by atoms with Crippen molar-refractivity contribution >= 4 is 45.7 Å². The smallest absolute Gasteiger partial charge is 0.384 e. The number of amides is 1. The first kappa shape index (κ1) is 27.5. The summed E-state index contributed by atoms with van der Waals surface area (Å²) in [7, 11) is 0. The molecule has 8 heteroatoms. The zero-order chi connectivity index (χ0) is 28.2. The molecular weight excluding hydrogens is 516 g/mol. The third-order valence-electron chi connectivity index (χ3n) is 8.05. The molecule has 0 radical (unpaired) electrons. The van der Waals surface area contributed by atoms with Crippen LogP contribution in [0.4, 0.5) is 5.69 Å². The predicted molar refractivity (Wildman–Crippen MR) is 151 cm³/mol. The number of aliphatic carboxylic acids is 1. The number of carbonyl (C=O) groups is 3. The van der Waals surface area contributed by atoms with Crippen molar-refractivity contribution < 1.29 is 24.2 Å². The van der Waals surface area contributed by atoms with Crippen LogP contribution in [-0.2, 0) is 19.1 Å². The summed E-state index contributed by atoms with van der Waals surface area (Å²) in [5.41, 5.74) is -0.453. The summed E-state index contributed by atoms with van der Waals surface area (Å²) in [5.74, 6) is -2.84. The summed E-state index contributed by atoms with van der Waals surface area (Å²) in [6.45, 7) is 7.41. The van der Waals surface area contributed by atoms with Crippen molar-refractivity contribution in [1.82, 2.24) is 9.80 Å². The molecule has 0 bridgehead atoms. The highest BCUT2D eigenvalue weighted by atomic mass is 35.5.